The van der Waals surface area contributed by atoms with Crippen LogP contribution in [0.2, 0.25) is 0 Å². The third kappa shape index (κ3) is 6.15. The Morgan fingerprint density at radius 2 is 1.87 bits per heavy atom. The monoisotopic (exact) mass is 220 g/mol. The van der Waals surface area contributed by atoms with E-state index in [0.29, 0.717) is 13.2 Å². The molecule has 0 aliphatic rings. The molecule has 1 rings (SSSR count). The molecule has 0 atom stereocenters. The van der Waals surface area contributed by atoms with Crippen LogP contribution in [0.5, 0.6) is 0 Å². The maximum Gasteiger partial charge on any atom is 0.0659 e. The second-order valence-electron chi connectivity index (χ2n) is 2.91. The first kappa shape index (κ1) is 12.1. The molecule has 0 spiro atoms. The van der Waals surface area contributed by atoms with Gasteiger partial charge >= 0.3 is 0 Å². The smallest absolute Gasteiger partial charge is 0.0659 e. The Labute approximate surface area is 95.8 Å². The van der Waals surface area contributed by atoms with E-state index in [1.807, 2.05) is 43.4 Å². The average Bonchev–Trinajstić information content (AvgIpc) is 2.29. The summed E-state index contributed by atoms with van der Waals surface area (Å²) >= 11 is 1.71. The van der Waals surface area contributed by atoms with E-state index in [1.165, 1.54) is 4.90 Å². The number of benzene rings is 1. The molecule has 1 aromatic carbocycles. The minimum absolute atomic E-state index is 0.671. The SMILES string of the molecule is CC=CCOCC=CSc1ccccc1. The highest BCUT2D eigenvalue weighted by molar-refractivity contribution is 8.02. The van der Waals surface area contributed by atoms with E-state index >= 15 is 0 Å². The molecule has 0 aliphatic carbocycles. The molecule has 15 heavy (non-hydrogen) atoms. The van der Waals surface area contributed by atoms with Gasteiger partial charge in [0.05, 0.1) is 13.2 Å². The van der Waals surface area contributed by atoms with Crippen molar-refractivity contribution in [3.8, 4) is 0 Å². The van der Waals surface area contributed by atoms with Crippen molar-refractivity contribution in [2.45, 2.75) is 11.8 Å². The number of thioether (sulfide) groups is 1. The largest absolute Gasteiger partial charge is 0.373 e. The predicted octanol–water partition coefficient (Wildman–Crippen LogP) is 3.89. The fraction of sp³-hybridized carbons (Fsp3) is 0.231. The molecule has 0 amide bonds. The summed E-state index contributed by atoms with van der Waals surface area (Å²) < 4.78 is 5.33. The molecule has 0 aliphatic heterocycles. The summed E-state index contributed by atoms with van der Waals surface area (Å²) in [5, 5.41) is 2.06. The normalized spacial score (nSPS) is 11.5. The third-order valence-corrected chi connectivity index (χ3v) is 2.58. The zero-order valence-corrected chi connectivity index (χ0v) is 9.74. The zero-order chi connectivity index (χ0) is 10.8. The molecular formula is C13H16OS. The van der Waals surface area contributed by atoms with Gasteiger partial charge in [0.15, 0.2) is 0 Å². The Morgan fingerprint density at radius 3 is 2.60 bits per heavy atom. The lowest BCUT2D eigenvalue weighted by atomic mass is 10.4. The molecule has 0 saturated heterocycles. The van der Waals surface area contributed by atoms with Crippen LogP contribution < -0.4 is 0 Å². The van der Waals surface area contributed by atoms with E-state index in [0.717, 1.165) is 0 Å². The Hall–Kier alpha value is -0.990. The predicted molar refractivity (Wildman–Crippen MR) is 67.1 cm³/mol. The van der Waals surface area contributed by atoms with Crippen LogP contribution in [0.4, 0.5) is 0 Å². The molecule has 0 radical (unpaired) electrons. The van der Waals surface area contributed by atoms with E-state index in [4.69, 9.17) is 4.74 Å². The van der Waals surface area contributed by atoms with E-state index in [-0.39, 0.29) is 0 Å². The van der Waals surface area contributed by atoms with E-state index < -0.39 is 0 Å². The van der Waals surface area contributed by atoms with Crippen LogP contribution in [0.25, 0.3) is 0 Å². The van der Waals surface area contributed by atoms with Gasteiger partial charge in [0.25, 0.3) is 0 Å². The van der Waals surface area contributed by atoms with Crippen LogP contribution in [0, 0.1) is 0 Å². The summed E-state index contributed by atoms with van der Waals surface area (Å²) in [4.78, 5) is 1.25. The van der Waals surface area contributed by atoms with Crippen molar-refractivity contribution in [1.82, 2.24) is 0 Å². The zero-order valence-electron chi connectivity index (χ0n) is 8.93. The van der Waals surface area contributed by atoms with Crippen molar-refractivity contribution in [3.05, 3.63) is 54.0 Å². The first-order chi connectivity index (χ1) is 7.43. The van der Waals surface area contributed by atoms with Gasteiger partial charge in [-0.3, -0.25) is 0 Å². The van der Waals surface area contributed by atoms with Gasteiger partial charge in [-0.1, -0.05) is 48.2 Å². The second-order valence-corrected chi connectivity index (χ2v) is 3.89. The lowest BCUT2D eigenvalue weighted by Gasteiger charge is -1.95. The molecule has 0 fully saturated rings. The molecule has 1 nitrogen and oxygen atoms in total. The van der Waals surface area contributed by atoms with Crippen LogP contribution >= 0.6 is 11.8 Å². The summed E-state index contributed by atoms with van der Waals surface area (Å²) in [6.45, 7) is 3.35. The minimum Gasteiger partial charge on any atom is -0.373 e. The Kier molecular flexibility index (Phi) is 6.71. The molecule has 0 unspecified atom stereocenters. The van der Waals surface area contributed by atoms with Crippen molar-refractivity contribution in [2.75, 3.05) is 13.2 Å². The quantitative estimate of drug-likeness (QED) is 0.409. The average molecular weight is 220 g/mol. The highest BCUT2D eigenvalue weighted by Gasteiger charge is 1.85. The lowest BCUT2D eigenvalue weighted by molar-refractivity contribution is 0.194. The Bertz CT molecular complexity index is 304. The fourth-order valence-electron chi connectivity index (χ4n) is 0.965. The van der Waals surface area contributed by atoms with E-state index in [9.17, 15) is 0 Å². The van der Waals surface area contributed by atoms with E-state index in [1.54, 1.807) is 11.8 Å². The van der Waals surface area contributed by atoms with Gasteiger partial charge in [-0.25, -0.2) is 0 Å². The second kappa shape index (κ2) is 8.33. The highest BCUT2D eigenvalue weighted by atomic mass is 32.2. The molecule has 0 heterocycles. The first-order valence-electron chi connectivity index (χ1n) is 4.99. The van der Waals surface area contributed by atoms with Gasteiger partial charge in [-0.2, -0.15) is 0 Å². The maximum absolute atomic E-state index is 5.33. The van der Waals surface area contributed by atoms with Crippen LogP contribution in [-0.4, -0.2) is 13.2 Å². The summed E-state index contributed by atoms with van der Waals surface area (Å²) in [6.07, 6.45) is 6.02. The van der Waals surface area contributed by atoms with Gasteiger partial charge in [0.1, 0.15) is 0 Å². The van der Waals surface area contributed by atoms with Gasteiger partial charge in [-0.05, 0) is 24.5 Å². The summed E-state index contributed by atoms with van der Waals surface area (Å²) in [5.74, 6) is 0. The molecule has 0 saturated carbocycles. The number of hydrogen-bond donors (Lipinski definition) is 0. The summed E-state index contributed by atoms with van der Waals surface area (Å²) in [6, 6.07) is 10.3. The van der Waals surface area contributed by atoms with Crippen molar-refractivity contribution in [2.24, 2.45) is 0 Å². The fourth-order valence-corrected chi connectivity index (χ4v) is 1.61. The molecule has 1 aromatic rings. The molecule has 80 valence electrons. The molecular weight excluding hydrogens is 204 g/mol. The summed E-state index contributed by atoms with van der Waals surface area (Å²) in [5.41, 5.74) is 0. The van der Waals surface area contributed by atoms with Crippen molar-refractivity contribution >= 4 is 11.8 Å². The number of hydrogen-bond acceptors (Lipinski definition) is 2. The van der Waals surface area contributed by atoms with Crippen LogP contribution in [0.15, 0.2) is 58.9 Å². The topological polar surface area (TPSA) is 9.23 Å². The lowest BCUT2D eigenvalue weighted by Crippen LogP contribution is -1.89. The van der Waals surface area contributed by atoms with E-state index in [2.05, 4.69) is 17.5 Å². The van der Waals surface area contributed by atoms with Crippen LogP contribution in [-0.2, 0) is 4.74 Å². The summed E-state index contributed by atoms with van der Waals surface area (Å²) in [7, 11) is 0. The first-order valence-corrected chi connectivity index (χ1v) is 5.87. The number of allylic oxidation sites excluding steroid dienone is 1. The maximum atomic E-state index is 5.33. The Morgan fingerprint density at radius 1 is 1.13 bits per heavy atom. The third-order valence-electron chi connectivity index (χ3n) is 1.71. The van der Waals surface area contributed by atoms with Gasteiger partial charge in [0, 0.05) is 4.90 Å². The van der Waals surface area contributed by atoms with Crippen LogP contribution in [0.1, 0.15) is 6.92 Å². The number of rotatable bonds is 6. The molecule has 2 heteroatoms. The molecule has 0 N–H and O–H groups in total. The molecule has 0 aromatic heterocycles. The van der Waals surface area contributed by atoms with Crippen molar-refractivity contribution < 1.29 is 4.74 Å². The Balaban J connectivity index is 2.12. The molecule has 0 bridgehead atoms. The van der Waals surface area contributed by atoms with Crippen LogP contribution in [0.3, 0.4) is 0 Å². The van der Waals surface area contributed by atoms with Crippen molar-refractivity contribution in [3.63, 3.8) is 0 Å². The number of ether oxygens (including phenoxy) is 1. The highest BCUT2D eigenvalue weighted by Crippen LogP contribution is 2.17. The minimum atomic E-state index is 0.671. The van der Waals surface area contributed by atoms with Gasteiger partial charge < -0.3 is 4.74 Å². The standard InChI is InChI=1S/C13H16OS/c1-2-3-10-14-11-7-12-15-13-8-5-4-6-9-13/h2-9,12H,10-11H2,1H3. The van der Waals surface area contributed by atoms with Crippen molar-refractivity contribution in [1.29, 1.82) is 0 Å². The van der Waals surface area contributed by atoms with Gasteiger partial charge in [-0.15, -0.1) is 0 Å². The van der Waals surface area contributed by atoms with Gasteiger partial charge in [0.2, 0.25) is 0 Å².